The molecule has 0 atom stereocenters. The fourth-order valence-electron chi connectivity index (χ4n) is 5.00. The van der Waals surface area contributed by atoms with E-state index in [1.165, 1.54) is 16.6 Å². The van der Waals surface area contributed by atoms with Crippen molar-refractivity contribution in [1.29, 1.82) is 0 Å². The van der Waals surface area contributed by atoms with E-state index in [1.54, 1.807) is 18.2 Å². The molecule has 0 saturated carbocycles. The minimum atomic E-state index is -0.421. The van der Waals surface area contributed by atoms with Gasteiger partial charge in [0.05, 0.1) is 15.4 Å². The summed E-state index contributed by atoms with van der Waals surface area (Å²) in [6.07, 6.45) is 1.52. The van der Waals surface area contributed by atoms with Crippen molar-refractivity contribution in [2.75, 3.05) is 62.4 Å². The van der Waals surface area contributed by atoms with E-state index < -0.39 is 5.56 Å². The van der Waals surface area contributed by atoms with E-state index in [1.807, 2.05) is 55.4 Å². The molecule has 0 radical (unpaired) electrons. The smallest absolute Gasteiger partial charge is 0.282 e. The number of benzene rings is 3. The Balaban J connectivity index is 1.43. The number of hydrogen-bond donors (Lipinski definition) is 1. The lowest BCUT2D eigenvalue weighted by molar-refractivity contribution is 0.313. The van der Waals surface area contributed by atoms with Crippen LogP contribution in [0.1, 0.15) is 0 Å². The van der Waals surface area contributed by atoms with Gasteiger partial charge in [0.25, 0.3) is 5.56 Å². The number of nitrogens with zero attached hydrogens (tertiary/aromatic N) is 7. The summed E-state index contributed by atoms with van der Waals surface area (Å²) in [5.74, 6) is 0.356. The van der Waals surface area contributed by atoms with Crippen LogP contribution in [0.15, 0.2) is 77.7 Å². The Bertz CT molecular complexity index is 1800. The predicted octanol–water partition coefficient (Wildman–Crippen LogP) is 5.71. The molecular formula is C31H30Cl2N8O. The fraction of sp³-hybridized carbons (Fsp3) is 0.226. The van der Waals surface area contributed by atoms with E-state index in [0.29, 0.717) is 38.3 Å². The lowest BCUT2D eigenvalue weighted by atomic mass is 10.1. The first-order valence-corrected chi connectivity index (χ1v) is 14.4. The largest absolute Gasteiger partial charge is 0.378 e. The summed E-state index contributed by atoms with van der Waals surface area (Å²) < 4.78 is 1.23. The summed E-state index contributed by atoms with van der Waals surface area (Å²) >= 11 is 13.0. The van der Waals surface area contributed by atoms with Crippen molar-refractivity contribution in [3.63, 3.8) is 0 Å². The quantitative estimate of drug-likeness (QED) is 0.265. The number of fused-ring (bicyclic) bond motifs is 1. The topological polar surface area (TPSA) is 82.4 Å². The van der Waals surface area contributed by atoms with Gasteiger partial charge in [0.15, 0.2) is 0 Å². The molecule has 1 saturated heterocycles. The maximum atomic E-state index is 13.7. The van der Waals surface area contributed by atoms with E-state index in [4.69, 9.17) is 33.3 Å². The number of halogens is 2. The molecule has 1 N–H and O–H groups in total. The first-order chi connectivity index (χ1) is 20.3. The van der Waals surface area contributed by atoms with Crippen molar-refractivity contribution in [3.05, 3.63) is 93.3 Å². The van der Waals surface area contributed by atoms with Gasteiger partial charge in [-0.1, -0.05) is 41.4 Å². The number of anilines is 4. The first-order valence-electron chi connectivity index (χ1n) is 13.6. The molecule has 42 heavy (non-hydrogen) atoms. The van der Waals surface area contributed by atoms with Crippen molar-refractivity contribution in [2.45, 2.75) is 0 Å². The molecule has 0 aliphatic carbocycles. The third-order valence-corrected chi connectivity index (χ3v) is 8.02. The number of hydrogen-bond acceptors (Lipinski definition) is 8. The number of aromatic nitrogens is 4. The Morgan fingerprint density at radius 2 is 1.60 bits per heavy atom. The second-order valence-electron chi connectivity index (χ2n) is 10.5. The highest BCUT2D eigenvalue weighted by Crippen LogP contribution is 2.31. The van der Waals surface area contributed by atoms with Gasteiger partial charge in [-0.05, 0) is 55.6 Å². The summed E-state index contributed by atoms with van der Waals surface area (Å²) in [5, 5.41) is 8.97. The average Bonchev–Trinajstić information content (AvgIpc) is 2.99. The molecule has 3 aromatic carbocycles. The van der Waals surface area contributed by atoms with E-state index in [2.05, 4.69) is 39.3 Å². The van der Waals surface area contributed by atoms with Gasteiger partial charge >= 0.3 is 0 Å². The number of likely N-dealkylation sites (N-methyl/N-ethyl adjacent to an activating group) is 1. The Morgan fingerprint density at radius 3 is 2.29 bits per heavy atom. The van der Waals surface area contributed by atoms with Gasteiger partial charge < -0.3 is 20.0 Å². The average molecular weight is 602 g/mol. The number of para-hydroxylation sites is 1. The Hall–Kier alpha value is -4.18. The van der Waals surface area contributed by atoms with Gasteiger partial charge in [0, 0.05) is 69.1 Å². The van der Waals surface area contributed by atoms with Crippen LogP contribution in [0.25, 0.3) is 27.8 Å². The molecule has 2 aromatic heterocycles. The van der Waals surface area contributed by atoms with Gasteiger partial charge in [0.2, 0.25) is 5.95 Å². The molecule has 0 amide bonds. The number of piperazine rings is 1. The molecule has 214 valence electrons. The van der Waals surface area contributed by atoms with Crippen LogP contribution in [0.3, 0.4) is 0 Å². The van der Waals surface area contributed by atoms with Crippen molar-refractivity contribution in [3.8, 4) is 16.9 Å². The summed E-state index contributed by atoms with van der Waals surface area (Å²) in [5.41, 5.74) is 4.58. The molecule has 0 bridgehead atoms. The van der Waals surface area contributed by atoms with Gasteiger partial charge in [-0.15, -0.1) is 0 Å². The zero-order chi connectivity index (χ0) is 29.4. The van der Waals surface area contributed by atoms with E-state index in [-0.39, 0.29) is 0 Å². The molecule has 1 fully saturated rings. The summed E-state index contributed by atoms with van der Waals surface area (Å²) in [6, 6.07) is 21.2. The molecule has 0 spiro atoms. The predicted molar refractivity (Wildman–Crippen MR) is 172 cm³/mol. The van der Waals surface area contributed by atoms with Crippen molar-refractivity contribution in [1.82, 2.24) is 24.6 Å². The van der Waals surface area contributed by atoms with Gasteiger partial charge in [-0.3, -0.25) is 4.79 Å². The molecular weight excluding hydrogens is 571 g/mol. The minimum absolute atomic E-state index is 0.294. The minimum Gasteiger partial charge on any atom is -0.378 e. The van der Waals surface area contributed by atoms with Crippen LogP contribution in [-0.2, 0) is 0 Å². The van der Waals surface area contributed by atoms with Gasteiger partial charge in [-0.25, -0.2) is 9.97 Å². The van der Waals surface area contributed by atoms with Crippen LogP contribution in [0.4, 0.5) is 23.0 Å². The second kappa shape index (κ2) is 11.6. The van der Waals surface area contributed by atoms with Gasteiger partial charge in [0.1, 0.15) is 16.9 Å². The summed E-state index contributed by atoms with van der Waals surface area (Å²) in [6.45, 7) is 4.09. The fourth-order valence-corrected chi connectivity index (χ4v) is 5.56. The van der Waals surface area contributed by atoms with E-state index in [0.717, 1.165) is 43.1 Å². The SMILES string of the molecule is CN1CCN(c2ccc(Nc3ncc4c(=O)n(-c5c(Cl)cccc5Cl)nc(-c5cccc(N(C)C)c5)c4n3)cc2)CC1. The first kappa shape index (κ1) is 28.0. The Labute approximate surface area is 253 Å². The molecule has 1 aliphatic rings. The van der Waals surface area contributed by atoms with Gasteiger partial charge in [-0.2, -0.15) is 9.78 Å². The zero-order valence-corrected chi connectivity index (χ0v) is 25.1. The van der Waals surface area contributed by atoms with Crippen LogP contribution in [0.2, 0.25) is 10.0 Å². The molecule has 11 heteroatoms. The molecule has 6 rings (SSSR count). The van der Waals surface area contributed by atoms with Crippen LogP contribution in [-0.4, -0.2) is 72.0 Å². The maximum Gasteiger partial charge on any atom is 0.282 e. The highest BCUT2D eigenvalue weighted by Gasteiger charge is 2.20. The molecule has 3 heterocycles. The molecule has 5 aromatic rings. The Kier molecular flexibility index (Phi) is 7.72. The van der Waals surface area contributed by atoms with Crippen molar-refractivity contribution in [2.24, 2.45) is 0 Å². The monoisotopic (exact) mass is 600 g/mol. The van der Waals surface area contributed by atoms with E-state index >= 15 is 0 Å². The third-order valence-electron chi connectivity index (χ3n) is 7.41. The van der Waals surface area contributed by atoms with E-state index in [9.17, 15) is 4.79 Å². The third kappa shape index (κ3) is 5.51. The van der Waals surface area contributed by atoms with Crippen LogP contribution in [0, 0.1) is 0 Å². The maximum absolute atomic E-state index is 13.7. The lowest BCUT2D eigenvalue weighted by Crippen LogP contribution is -2.44. The summed E-state index contributed by atoms with van der Waals surface area (Å²) in [4.78, 5) is 29.7. The highest BCUT2D eigenvalue weighted by molar-refractivity contribution is 6.37. The van der Waals surface area contributed by atoms with Crippen LogP contribution in [0.5, 0.6) is 0 Å². The number of nitrogens with one attached hydrogen (secondary N) is 1. The standard InChI is InChI=1S/C31H30Cl2N8O/c1-38(2)23-7-4-6-20(18-23)27-28-24(30(42)41(37-27)29-25(32)8-5-9-26(29)33)19-34-31(36-28)35-21-10-12-22(13-11-21)40-16-14-39(3)15-17-40/h4-13,18-19H,14-17H2,1-3H3,(H,34,35,36). The number of rotatable bonds is 6. The lowest BCUT2D eigenvalue weighted by Gasteiger charge is -2.34. The zero-order valence-electron chi connectivity index (χ0n) is 23.6. The summed E-state index contributed by atoms with van der Waals surface area (Å²) in [7, 11) is 6.08. The van der Waals surface area contributed by atoms with Crippen LogP contribution >= 0.6 is 23.2 Å². The molecule has 1 aliphatic heterocycles. The second-order valence-corrected chi connectivity index (χ2v) is 11.3. The molecule has 0 unspecified atom stereocenters. The van der Waals surface area contributed by atoms with Crippen molar-refractivity contribution >= 4 is 57.1 Å². The van der Waals surface area contributed by atoms with Crippen molar-refractivity contribution < 1.29 is 0 Å². The Morgan fingerprint density at radius 1 is 0.905 bits per heavy atom. The normalized spacial score (nSPS) is 13.9. The highest BCUT2D eigenvalue weighted by atomic mass is 35.5. The van der Waals surface area contributed by atoms with Crippen LogP contribution < -0.4 is 20.7 Å². The molecule has 9 nitrogen and oxygen atoms in total.